The average molecular weight is 458 g/mol. The zero-order valence-corrected chi connectivity index (χ0v) is 18.7. The molecule has 7 nitrogen and oxygen atoms in total. The highest BCUT2D eigenvalue weighted by Crippen LogP contribution is 2.29. The SMILES string of the molecule is Cc1cc(F)ccc1Cn1cnc2c1CCN(c1cnn(C3CCCCO3)c(=O)c1Cl)C2. The molecule has 9 heteroatoms. The molecule has 2 aliphatic heterocycles. The number of aromatic nitrogens is 4. The lowest BCUT2D eigenvalue weighted by molar-refractivity contribution is -0.0424. The first-order chi connectivity index (χ1) is 15.5. The number of rotatable bonds is 4. The maximum absolute atomic E-state index is 13.4. The Morgan fingerprint density at radius 3 is 2.97 bits per heavy atom. The maximum atomic E-state index is 13.4. The largest absolute Gasteiger partial charge is 0.362 e. The number of imidazole rings is 1. The molecular formula is C23H25ClFN5O2. The van der Waals surface area contributed by atoms with Gasteiger partial charge in [-0.1, -0.05) is 17.7 Å². The van der Waals surface area contributed by atoms with Crippen LogP contribution in [0.5, 0.6) is 0 Å². The maximum Gasteiger partial charge on any atom is 0.290 e. The first kappa shape index (κ1) is 21.2. The van der Waals surface area contributed by atoms with Gasteiger partial charge in [-0.2, -0.15) is 9.78 Å². The second-order valence-electron chi connectivity index (χ2n) is 8.42. The molecule has 1 aromatic carbocycles. The molecule has 5 rings (SSSR count). The summed E-state index contributed by atoms with van der Waals surface area (Å²) >= 11 is 6.49. The zero-order chi connectivity index (χ0) is 22.2. The van der Waals surface area contributed by atoms with Crippen molar-refractivity contribution in [2.45, 2.75) is 51.9 Å². The van der Waals surface area contributed by atoms with Crippen LogP contribution in [-0.2, 0) is 24.2 Å². The molecule has 0 radical (unpaired) electrons. The minimum Gasteiger partial charge on any atom is -0.362 e. The summed E-state index contributed by atoms with van der Waals surface area (Å²) in [5.41, 5.74) is 4.39. The summed E-state index contributed by atoms with van der Waals surface area (Å²) < 4.78 is 22.6. The van der Waals surface area contributed by atoms with Crippen molar-refractivity contribution in [2.75, 3.05) is 18.1 Å². The Morgan fingerprint density at radius 1 is 1.31 bits per heavy atom. The minimum atomic E-state index is -0.346. The lowest BCUT2D eigenvalue weighted by Gasteiger charge is -2.30. The molecular weight excluding hydrogens is 433 g/mol. The van der Waals surface area contributed by atoms with Crippen LogP contribution in [0.2, 0.25) is 5.02 Å². The van der Waals surface area contributed by atoms with Crippen LogP contribution in [-0.4, -0.2) is 32.5 Å². The molecule has 0 amide bonds. The molecule has 0 bridgehead atoms. The van der Waals surface area contributed by atoms with E-state index in [0.29, 0.717) is 31.9 Å². The van der Waals surface area contributed by atoms with Gasteiger partial charge in [-0.25, -0.2) is 9.37 Å². The van der Waals surface area contributed by atoms with Crippen LogP contribution in [0.4, 0.5) is 10.1 Å². The molecule has 0 spiro atoms. The summed E-state index contributed by atoms with van der Waals surface area (Å²) in [7, 11) is 0. The number of nitrogens with zero attached hydrogens (tertiary/aromatic N) is 5. The third-order valence-corrected chi connectivity index (χ3v) is 6.69. The predicted molar refractivity (Wildman–Crippen MR) is 120 cm³/mol. The predicted octanol–water partition coefficient (Wildman–Crippen LogP) is 3.85. The van der Waals surface area contributed by atoms with E-state index in [4.69, 9.17) is 16.3 Å². The highest BCUT2D eigenvalue weighted by molar-refractivity contribution is 6.33. The van der Waals surface area contributed by atoms with Crippen LogP contribution < -0.4 is 10.5 Å². The first-order valence-corrected chi connectivity index (χ1v) is 11.3. The minimum absolute atomic E-state index is 0.166. The third kappa shape index (κ3) is 3.93. The third-order valence-electron chi connectivity index (χ3n) is 6.33. The normalized spacial score (nSPS) is 18.6. The lowest BCUT2D eigenvalue weighted by Crippen LogP contribution is -2.36. The van der Waals surface area contributed by atoms with Crippen molar-refractivity contribution in [3.63, 3.8) is 0 Å². The number of fused-ring (bicyclic) bond motifs is 1. The van der Waals surface area contributed by atoms with Crippen LogP contribution in [0, 0.1) is 12.7 Å². The Kier molecular flexibility index (Phi) is 5.73. The summed E-state index contributed by atoms with van der Waals surface area (Å²) in [6, 6.07) is 4.86. The van der Waals surface area contributed by atoms with Gasteiger partial charge >= 0.3 is 0 Å². The van der Waals surface area contributed by atoms with Gasteiger partial charge < -0.3 is 14.2 Å². The van der Waals surface area contributed by atoms with E-state index in [2.05, 4.69) is 14.6 Å². The fraction of sp³-hybridized carbons (Fsp3) is 0.435. The summed E-state index contributed by atoms with van der Waals surface area (Å²) in [5.74, 6) is -0.225. The van der Waals surface area contributed by atoms with E-state index >= 15 is 0 Å². The summed E-state index contributed by atoms with van der Waals surface area (Å²) in [6.45, 7) is 4.45. The molecule has 0 saturated carbocycles. The standard InChI is InChI=1S/C23H25ClFN5O2/c1-15-10-17(25)6-5-16(15)12-29-14-26-18-13-28(8-7-19(18)29)20-11-27-30(23(31)22(20)24)21-4-2-3-9-32-21/h5-6,10-11,14,21H,2-4,7-9,12-13H2,1H3. The number of ether oxygens (including phenoxy) is 1. The highest BCUT2D eigenvalue weighted by Gasteiger charge is 2.26. The monoisotopic (exact) mass is 457 g/mol. The number of hydrogen-bond donors (Lipinski definition) is 0. The molecule has 0 aliphatic carbocycles. The molecule has 32 heavy (non-hydrogen) atoms. The van der Waals surface area contributed by atoms with Crippen molar-refractivity contribution in [3.05, 3.63) is 74.4 Å². The van der Waals surface area contributed by atoms with Gasteiger partial charge in [0.05, 0.1) is 30.5 Å². The molecule has 3 aromatic rings. The molecule has 2 aromatic heterocycles. The van der Waals surface area contributed by atoms with Gasteiger partial charge in [0.15, 0.2) is 6.23 Å². The lowest BCUT2D eigenvalue weighted by atomic mass is 10.1. The van der Waals surface area contributed by atoms with Crippen molar-refractivity contribution in [1.82, 2.24) is 19.3 Å². The van der Waals surface area contributed by atoms with Crippen LogP contribution in [0.1, 0.15) is 48.0 Å². The first-order valence-electron chi connectivity index (χ1n) is 10.9. The van der Waals surface area contributed by atoms with Gasteiger partial charge in [-0.3, -0.25) is 4.79 Å². The van der Waals surface area contributed by atoms with E-state index in [1.165, 1.54) is 10.7 Å². The summed E-state index contributed by atoms with van der Waals surface area (Å²) in [5, 5.41) is 4.53. The van der Waals surface area contributed by atoms with Gasteiger partial charge in [-0.15, -0.1) is 0 Å². The second-order valence-corrected chi connectivity index (χ2v) is 8.80. The van der Waals surface area contributed by atoms with E-state index in [0.717, 1.165) is 48.2 Å². The quantitative estimate of drug-likeness (QED) is 0.595. The molecule has 1 unspecified atom stereocenters. The fourth-order valence-electron chi connectivity index (χ4n) is 4.51. The van der Waals surface area contributed by atoms with Crippen molar-refractivity contribution in [1.29, 1.82) is 0 Å². The number of halogens is 2. The zero-order valence-electron chi connectivity index (χ0n) is 17.9. The Balaban J connectivity index is 1.36. The topological polar surface area (TPSA) is 65.2 Å². The van der Waals surface area contributed by atoms with Crippen molar-refractivity contribution in [3.8, 4) is 0 Å². The van der Waals surface area contributed by atoms with Crippen molar-refractivity contribution >= 4 is 17.3 Å². The van der Waals surface area contributed by atoms with Gasteiger partial charge in [0.2, 0.25) is 0 Å². The van der Waals surface area contributed by atoms with Crippen LogP contribution in [0.15, 0.2) is 35.5 Å². The number of benzene rings is 1. The Labute approximate surface area is 190 Å². The molecule has 1 fully saturated rings. The number of aryl methyl sites for hydroxylation is 1. The van der Waals surface area contributed by atoms with E-state index in [1.807, 2.05) is 24.2 Å². The van der Waals surface area contributed by atoms with Crippen molar-refractivity contribution in [2.24, 2.45) is 0 Å². The Hall–Kier alpha value is -2.71. The second kappa shape index (κ2) is 8.67. The molecule has 4 heterocycles. The van der Waals surface area contributed by atoms with Crippen LogP contribution in [0.3, 0.4) is 0 Å². The summed E-state index contributed by atoms with van der Waals surface area (Å²) in [6.07, 6.45) is 6.68. The Morgan fingerprint density at radius 2 is 2.19 bits per heavy atom. The molecule has 168 valence electrons. The van der Waals surface area contributed by atoms with Gasteiger partial charge in [-0.05, 0) is 49.4 Å². The smallest absolute Gasteiger partial charge is 0.290 e. The molecule has 2 aliphatic rings. The molecule has 1 saturated heterocycles. The van der Waals surface area contributed by atoms with Gasteiger partial charge in [0.1, 0.15) is 10.8 Å². The molecule has 1 atom stereocenters. The average Bonchev–Trinajstić information content (AvgIpc) is 3.20. The van der Waals surface area contributed by atoms with E-state index in [9.17, 15) is 9.18 Å². The van der Waals surface area contributed by atoms with Crippen LogP contribution >= 0.6 is 11.6 Å². The number of hydrogen-bond acceptors (Lipinski definition) is 5. The van der Waals surface area contributed by atoms with Crippen molar-refractivity contribution < 1.29 is 9.13 Å². The highest BCUT2D eigenvalue weighted by atomic mass is 35.5. The number of anilines is 1. The van der Waals surface area contributed by atoms with E-state index < -0.39 is 0 Å². The van der Waals surface area contributed by atoms with Crippen LogP contribution in [0.25, 0.3) is 0 Å². The Bertz CT molecular complexity index is 1200. The van der Waals surface area contributed by atoms with E-state index in [1.54, 1.807) is 12.3 Å². The van der Waals surface area contributed by atoms with Gasteiger partial charge in [0.25, 0.3) is 5.56 Å². The molecule has 0 N–H and O–H groups in total. The van der Waals surface area contributed by atoms with E-state index in [-0.39, 0.29) is 22.6 Å². The fourth-order valence-corrected chi connectivity index (χ4v) is 4.77. The summed E-state index contributed by atoms with van der Waals surface area (Å²) in [4.78, 5) is 19.5. The van der Waals surface area contributed by atoms with Gasteiger partial charge in [0, 0.05) is 31.8 Å².